The fourth-order valence-corrected chi connectivity index (χ4v) is 7.16. The summed E-state index contributed by atoms with van der Waals surface area (Å²) in [6.45, 7) is 0. The first kappa shape index (κ1) is 35.1. The maximum atomic E-state index is 13.5. The minimum absolute atomic E-state index is 0.00476. The second-order valence-electron chi connectivity index (χ2n) is 9.97. The fourth-order valence-electron chi connectivity index (χ4n) is 4.21. The molecule has 46 heavy (non-hydrogen) atoms. The van der Waals surface area contributed by atoms with E-state index in [1.54, 1.807) is 0 Å². The van der Waals surface area contributed by atoms with Gasteiger partial charge in [0.15, 0.2) is 0 Å². The fraction of sp³-hybridized carbons (Fsp3) is 0.214. The third-order valence-corrected chi connectivity index (χ3v) is 9.66. The number of carboxylic acid groups (broad SMARTS) is 1. The molecule has 0 radical (unpaired) electrons. The molecule has 1 unspecified atom stereocenters. The van der Waals surface area contributed by atoms with Crippen molar-refractivity contribution < 1.29 is 50.0 Å². The number of rotatable bonds is 9. The Morgan fingerprint density at radius 2 is 1.63 bits per heavy atom. The van der Waals surface area contributed by atoms with Crippen LogP contribution >= 0.6 is 35.3 Å². The highest BCUT2D eigenvalue weighted by Crippen LogP contribution is 2.41. The molecule has 0 spiro atoms. The summed E-state index contributed by atoms with van der Waals surface area (Å²) >= 11 is 7.10. The molecule has 244 valence electrons. The van der Waals surface area contributed by atoms with E-state index < -0.39 is 57.0 Å². The van der Waals surface area contributed by atoms with E-state index in [4.69, 9.17) is 22.1 Å². The molecule has 1 aliphatic heterocycles. The lowest BCUT2D eigenvalue weighted by Gasteiger charge is -2.26. The maximum Gasteiger partial charge on any atom is 0.416 e. The Balaban J connectivity index is 1.62. The molecular weight excluding hydrogens is 701 g/mol. The number of carbonyl (C=O) groups excluding carboxylic acids is 2. The molecule has 3 N–H and O–H groups in total. The van der Waals surface area contributed by atoms with Gasteiger partial charge in [0, 0.05) is 32.3 Å². The van der Waals surface area contributed by atoms with Crippen molar-refractivity contribution in [2.24, 2.45) is 0 Å². The standard InChI is InChI=1S/C28H21F6N3O5S4/c1-46(35,42)7-6-21(23(38)36-19-4-2-14(3-5-19)25(40)41)37-24(39)22(45-26(37)43)12-20-10-16(13-44-20)15-8-17(27(29,30)31)11-18(9-15)28(32,33)34/h2-5,8-13,21,35H,6-7H2,1H3,(H,36,38)(H,40,41)/b22-12-/t21-,46?/m0/s1. The first-order chi connectivity index (χ1) is 21.2. The van der Waals surface area contributed by atoms with E-state index in [9.17, 15) is 44.9 Å². The van der Waals surface area contributed by atoms with Crippen molar-refractivity contribution in [3.63, 3.8) is 0 Å². The Kier molecular flexibility index (Phi) is 10.1. The van der Waals surface area contributed by atoms with Gasteiger partial charge in [0.25, 0.3) is 5.91 Å². The molecule has 1 saturated heterocycles. The van der Waals surface area contributed by atoms with Crippen LogP contribution in [-0.2, 0) is 31.7 Å². The normalized spacial score (nSPS) is 16.8. The van der Waals surface area contributed by atoms with Crippen molar-refractivity contribution in [2.45, 2.75) is 24.8 Å². The number of anilines is 1. The van der Waals surface area contributed by atoms with Crippen molar-refractivity contribution in [3.05, 3.63) is 80.4 Å². The van der Waals surface area contributed by atoms with Gasteiger partial charge in [0.05, 0.1) is 21.6 Å². The summed E-state index contributed by atoms with van der Waals surface area (Å²) in [7, 11) is -3.10. The lowest BCUT2D eigenvalue weighted by Crippen LogP contribution is -2.47. The Morgan fingerprint density at radius 1 is 1.04 bits per heavy atom. The van der Waals surface area contributed by atoms with Gasteiger partial charge < -0.3 is 10.4 Å². The van der Waals surface area contributed by atoms with Crippen LogP contribution in [0.15, 0.2) is 58.8 Å². The summed E-state index contributed by atoms with van der Waals surface area (Å²) in [4.78, 5) is 39.2. The zero-order chi connectivity index (χ0) is 34.2. The molecule has 2 aromatic carbocycles. The van der Waals surface area contributed by atoms with Crippen LogP contribution in [0.5, 0.6) is 0 Å². The molecule has 3 aromatic rings. The van der Waals surface area contributed by atoms with Gasteiger partial charge in [-0.3, -0.25) is 23.5 Å². The molecule has 18 heteroatoms. The van der Waals surface area contributed by atoms with Gasteiger partial charge in [0.1, 0.15) is 10.4 Å². The molecule has 8 nitrogen and oxygen atoms in total. The van der Waals surface area contributed by atoms with E-state index in [2.05, 4.69) is 5.32 Å². The topological polar surface area (TPSA) is 128 Å². The Labute approximate surface area is 271 Å². The van der Waals surface area contributed by atoms with Crippen molar-refractivity contribution in [1.82, 2.24) is 4.90 Å². The summed E-state index contributed by atoms with van der Waals surface area (Å²) in [6, 6.07) is 6.34. The van der Waals surface area contributed by atoms with Gasteiger partial charge in [0.2, 0.25) is 5.91 Å². The zero-order valence-electron chi connectivity index (χ0n) is 23.2. The molecule has 1 aromatic heterocycles. The summed E-state index contributed by atoms with van der Waals surface area (Å²) < 4.78 is 99.9. The van der Waals surface area contributed by atoms with E-state index in [1.165, 1.54) is 41.8 Å². The second kappa shape index (κ2) is 13.2. The van der Waals surface area contributed by atoms with Crippen LogP contribution in [0.4, 0.5) is 32.0 Å². The minimum atomic E-state index is -5.03. The van der Waals surface area contributed by atoms with E-state index in [-0.39, 0.29) is 49.8 Å². The highest BCUT2D eigenvalue weighted by Gasteiger charge is 2.41. The number of nitrogens with zero attached hydrogens (tertiary/aromatic N) is 1. The monoisotopic (exact) mass is 721 g/mol. The number of hydrogen-bond acceptors (Lipinski definition) is 8. The molecule has 2 heterocycles. The van der Waals surface area contributed by atoms with Gasteiger partial charge in [-0.1, -0.05) is 24.0 Å². The first-order valence-corrected chi connectivity index (χ1v) is 17.0. The first-order valence-electron chi connectivity index (χ1n) is 12.7. The SMILES string of the molecule is CS(=N)(=O)CC[C@@H](C(=O)Nc1ccc(C(=O)O)cc1)N1C(=O)/C(=C/c2cc(-c3cc(C(F)(F)F)cc(C(F)(F)F)c3)cs2)SC1=S. The predicted octanol–water partition coefficient (Wildman–Crippen LogP) is 7.43. The van der Waals surface area contributed by atoms with Crippen molar-refractivity contribution in [2.75, 3.05) is 17.3 Å². The smallest absolute Gasteiger partial charge is 0.416 e. The minimum Gasteiger partial charge on any atom is -0.478 e. The van der Waals surface area contributed by atoms with Gasteiger partial charge in [-0.15, -0.1) is 11.3 Å². The Hall–Kier alpha value is -3.74. The summed E-state index contributed by atoms with van der Waals surface area (Å²) in [6.07, 6.45) is -7.79. The number of carbonyl (C=O) groups is 3. The highest BCUT2D eigenvalue weighted by molar-refractivity contribution is 8.26. The molecule has 0 bridgehead atoms. The average Bonchev–Trinajstić information content (AvgIpc) is 3.51. The number of benzene rings is 2. The highest BCUT2D eigenvalue weighted by atomic mass is 32.2. The number of thiocarbonyl (C=S) groups is 1. The number of carboxylic acids is 1. The van der Waals surface area contributed by atoms with Gasteiger partial charge in [-0.2, -0.15) is 26.3 Å². The van der Waals surface area contributed by atoms with Crippen molar-refractivity contribution >= 4 is 78.9 Å². The lowest BCUT2D eigenvalue weighted by molar-refractivity contribution is -0.143. The predicted molar refractivity (Wildman–Crippen MR) is 167 cm³/mol. The zero-order valence-corrected chi connectivity index (χ0v) is 26.5. The van der Waals surface area contributed by atoms with Crippen LogP contribution in [0, 0.1) is 4.78 Å². The quantitative estimate of drug-likeness (QED) is 0.119. The number of halogens is 6. The Morgan fingerprint density at radius 3 is 2.15 bits per heavy atom. The van der Waals surface area contributed by atoms with Crippen LogP contribution in [0.3, 0.4) is 0 Å². The van der Waals surface area contributed by atoms with E-state index in [0.717, 1.165) is 34.3 Å². The molecule has 1 fully saturated rings. The molecule has 2 atom stereocenters. The maximum absolute atomic E-state index is 13.5. The molecule has 2 amide bonds. The summed E-state index contributed by atoms with van der Waals surface area (Å²) in [5.74, 6) is -2.96. The number of nitrogens with one attached hydrogen (secondary N) is 2. The number of amides is 2. The van der Waals surface area contributed by atoms with E-state index in [0.29, 0.717) is 17.0 Å². The summed E-state index contributed by atoms with van der Waals surface area (Å²) in [5, 5.41) is 13.0. The van der Waals surface area contributed by atoms with Gasteiger partial charge in [-0.05, 0) is 77.5 Å². The van der Waals surface area contributed by atoms with Crippen LogP contribution in [0.1, 0.15) is 32.8 Å². The number of hydrogen-bond donors (Lipinski definition) is 3. The number of alkyl halides is 6. The largest absolute Gasteiger partial charge is 0.478 e. The number of thioether (sulfide) groups is 1. The number of aromatic carboxylic acids is 1. The second-order valence-corrected chi connectivity index (χ2v) is 15.0. The van der Waals surface area contributed by atoms with Crippen molar-refractivity contribution in [3.8, 4) is 11.1 Å². The lowest BCUT2D eigenvalue weighted by atomic mass is 10.0. The van der Waals surface area contributed by atoms with E-state index >= 15 is 0 Å². The Bertz CT molecular complexity index is 1820. The van der Waals surface area contributed by atoms with Crippen LogP contribution in [0.25, 0.3) is 17.2 Å². The summed E-state index contributed by atoms with van der Waals surface area (Å²) in [5.41, 5.74) is -3.09. The molecule has 4 rings (SSSR count). The molecular formula is C28H21F6N3O5S4. The van der Waals surface area contributed by atoms with Crippen LogP contribution < -0.4 is 5.32 Å². The van der Waals surface area contributed by atoms with Gasteiger partial charge >= 0.3 is 18.3 Å². The molecule has 0 aliphatic carbocycles. The van der Waals surface area contributed by atoms with Crippen molar-refractivity contribution in [1.29, 1.82) is 4.78 Å². The third-order valence-electron chi connectivity index (χ3n) is 6.43. The number of thiophene rings is 1. The van der Waals surface area contributed by atoms with E-state index in [1.807, 2.05) is 0 Å². The third kappa shape index (κ3) is 8.54. The average molecular weight is 722 g/mol. The van der Waals surface area contributed by atoms with Gasteiger partial charge in [-0.25, -0.2) is 4.79 Å². The van der Waals surface area contributed by atoms with Crippen LogP contribution in [-0.4, -0.2) is 54.4 Å². The van der Waals surface area contributed by atoms with Crippen LogP contribution in [0.2, 0.25) is 0 Å². The molecule has 1 aliphatic rings. The molecule has 0 saturated carbocycles.